The lowest BCUT2D eigenvalue weighted by molar-refractivity contribution is 0.0377. The molecule has 2 heterocycles. The largest absolute Gasteiger partial charge is 0.468 e. The fourth-order valence-electron chi connectivity index (χ4n) is 4.72. The molecule has 1 saturated carbocycles. The Morgan fingerprint density at radius 3 is 2.41 bits per heavy atom. The van der Waals surface area contributed by atoms with Crippen LogP contribution in [0.25, 0.3) is 22.4 Å². The third-order valence-corrected chi connectivity index (χ3v) is 6.64. The van der Waals surface area contributed by atoms with Gasteiger partial charge in [-0.3, -0.25) is 0 Å². The predicted molar refractivity (Wildman–Crippen MR) is 148 cm³/mol. The van der Waals surface area contributed by atoms with Gasteiger partial charge in [-0.25, -0.2) is 20.0 Å². The van der Waals surface area contributed by atoms with Gasteiger partial charge in [-0.2, -0.15) is 5.10 Å². The molecule has 1 fully saturated rings. The van der Waals surface area contributed by atoms with Crippen molar-refractivity contribution in [3.05, 3.63) is 66.2 Å². The summed E-state index contributed by atoms with van der Waals surface area (Å²) < 4.78 is 11.3. The second kappa shape index (κ2) is 10.3. The number of hydrazone groups is 1. The highest BCUT2D eigenvalue weighted by molar-refractivity contribution is 6.01. The number of pyridine rings is 1. The Balaban J connectivity index is 1.47. The van der Waals surface area contributed by atoms with E-state index in [0.29, 0.717) is 17.4 Å². The number of amides is 2. The monoisotopic (exact) mass is 529 g/mol. The van der Waals surface area contributed by atoms with Crippen molar-refractivity contribution in [2.75, 3.05) is 11.9 Å². The number of carbonyl (C=O) groups is 2. The third kappa shape index (κ3) is 5.79. The summed E-state index contributed by atoms with van der Waals surface area (Å²) in [5, 5.41) is 18.9. The van der Waals surface area contributed by atoms with E-state index in [1.54, 1.807) is 0 Å². The molecule has 0 radical (unpaired) electrons. The molecular formula is C29H31N5O5. The molecule has 0 unspecified atom stereocenters. The number of anilines is 1. The van der Waals surface area contributed by atoms with E-state index in [9.17, 15) is 9.59 Å². The molecule has 39 heavy (non-hydrogen) atoms. The molecular weight excluding hydrogens is 498 g/mol. The van der Waals surface area contributed by atoms with E-state index in [1.165, 1.54) is 0 Å². The molecule has 0 bridgehead atoms. The number of aromatic nitrogens is 1. The van der Waals surface area contributed by atoms with Crippen molar-refractivity contribution < 1.29 is 24.2 Å². The van der Waals surface area contributed by atoms with Crippen molar-refractivity contribution in [2.24, 2.45) is 5.10 Å². The third-order valence-electron chi connectivity index (χ3n) is 6.64. The first-order valence-electron chi connectivity index (χ1n) is 12.8. The van der Waals surface area contributed by atoms with Crippen LogP contribution in [0.2, 0.25) is 0 Å². The number of rotatable bonds is 5. The number of hydrogen-bond donors (Lipinski definition) is 4. The molecule has 2 aromatic carbocycles. The van der Waals surface area contributed by atoms with Crippen molar-refractivity contribution in [1.82, 2.24) is 15.7 Å². The lowest BCUT2D eigenvalue weighted by atomic mass is 9.71. The van der Waals surface area contributed by atoms with Crippen molar-refractivity contribution in [2.45, 2.75) is 51.2 Å². The van der Waals surface area contributed by atoms with E-state index in [-0.39, 0.29) is 6.61 Å². The van der Waals surface area contributed by atoms with E-state index < -0.39 is 23.3 Å². The Labute approximate surface area is 226 Å². The van der Waals surface area contributed by atoms with Crippen molar-refractivity contribution in [3.63, 3.8) is 0 Å². The Bertz CT molecular complexity index is 1410. The highest BCUT2D eigenvalue weighted by Gasteiger charge is 2.41. The highest BCUT2D eigenvalue weighted by Crippen LogP contribution is 2.43. The number of nitrogens with zero attached hydrogens (tertiary/aromatic N) is 2. The number of carboxylic acid groups (broad SMARTS) is 1. The second-order valence-corrected chi connectivity index (χ2v) is 10.6. The van der Waals surface area contributed by atoms with Crippen molar-refractivity contribution >= 4 is 23.7 Å². The number of carbonyl (C=O) groups excluding carboxylic acids is 1. The molecule has 0 spiro atoms. The molecule has 0 atom stereocenters. The standard InChI is InChI=1S/C29H31N5O5/c1-28(2,3)39-27(37)32-29(14-7-15-29)20-12-10-19(11-13-20)24-21(18-8-5-4-6-9-18)16-22-25(31-24)38-17-23(30-22)33-34-26(35)36/h4-6,8-13,16,34H,7,14-15,17H2,1-3H3,(H,30,33)(H,32,37)(H,35,36). The molecule has 0 saturated heterocycles. The van der Waals surface area contributed by atoms with Crippen LogP contribution in [0.1, 0.15) is 45.6 Å². The first-order chi connectivity index (χ1) is 18.6. The second-order valence-electron chi connectivity index (χ2n) is 10.6. The van der Waals surface area contributed by atoms with Crippen LogP contribution >= 0.6 is 0 Å². The topological polar surface area (TPSA) is 134 Å². The van der Waals surface area contributed by atoms with Crippen LogP contribution in [-0.4, -0.2) is 40.3 Å². The summed E-state index contributed by atoms with van der Waals surface area (Å²) in [5.74, 6) is 0.719. The van der Waals surface area contributed by atoms with Gasteiger partial charge in [-0.05, 0) is 57.2 Å². The van der Waals surface area contributed by atoms with Gasteiger partial charge in [0.05, 0.1) is 11.2 Å². The number of amidine groups is 1. The van der Waals surface area contributed by atoms with Gasteiger partial charge in [0.1, 0.15) is 17.9 Å². The zero-order chi connectivity index (χ0) is 27.6. The highest BCUT2D eigenvalue weighted by atomic mass is 16.6. The van der Waals surface area contributed by atoms with Crippen LogP contribution in [0.15, 0.2) is 65.8 Å². The number of benzene rings is 2. The van der Waals surface area contributed by atoms with E-state index in [1.807, 2.05) is 86.9 Å². The maximum Gasteiger partial charge on any atom is 0.425 e. The SMILES string of the molecule is CC(C)(C)OC(=O)NC1(c2ccc(-c3nc4c(cc3-c3ccccc3)NC(=NNC(=O)O)CO4)cc2)CCC1. The Kier molecular flexibility index (Phi) is 6.86. The molecule has 202 valence electrons. The summed E-state index contributed by atoms with van der Waals surface area (Å²) in [7, 11) is 0. The maximum atomic E-state index is 12.6. The number of fused-ring (bicyclic) bond motifs is 1. The summed E-state index contributed by atoms with van der Waals surface area (Å²) in [5.41, 5.74) is 6.04. The van der Waals surface area contributed by atoms with Gasteiger partial charge < -0.3 is 25.2 Å². The van der Waals surface area contributed by atoms with Gasteiger partial charge in [0.15, 0.2) is 5.84 Å². The quantitative estimate of drug-likeness (QED) is 0.311. The molecule has 2 aliphatic rings. The smallest absolute Gasteiger partial charge is 0.425 e. The van der Waals surface area contributed by atoms with Gasteiger partial charge >= 0.3 is 12.2 Å². The van der Waals surface area contributed by atoms with Crippen LogP contribution in [0.4, 0.5) is 15.3 Å². The Morgan fingerprint density at radius 2 is 1.79 bits per heavy atom. The van der Waals surface area contributed by atoms with Gasteiger partial charge in [-0.15, -0.1) is 0 Å². The minimum Gasteiger partial charge on any atom is -0.468 e. The number of nitrogens with one attached hydrogen (secondary N) is 3. The number of hydrogen-bond acceptors (Lipinski definition) is 6. The fourth-order valence-corrected chi connectivity index (χ4v) is 4.72. The average molecular weight is 530 g/mol. The zero-order valence-corrected chi connectivity index (χ0v) is 22.1. The van der Waals surface area contributed by atoms with Crippen LogP contribution < -0.4 is 20.8 Å². The normalized spacial score (nSPS) is 16.6. The maximum absolute atomic E-state index is 12.6. The van der Waals surface area contributed by atoms with E-state index in [2.05, 4.69) is 15.7 Å². The summed E-state index contributed by atoms with van der Waals surface area (Å²) in [6.45, 7) is 5.60. The molecule has 4 N–H and O–H groups in total. The zero-order valence-electron chi connectivity index (χ0n) is 22.1. The van der Waals surface area contributed by atoms with E-state index in [4.69, 9.17) is 19.6 Å². The summed E-state index contributed by atoms with van der Waals surface area (Å²) >= 11 is 0. The van der Waals surface area contributed by atoms with Crippen molar-refractivity contribution in [3.8, 4) is 28.3 Å². The van der Waals surface area contributed by atoms with Crippen molar-refractivity contribution in [1.29, 1.82) is 0 Å². The van der Waals surface area contributed by atoms with E-state index >= 15 is 0 Å². The summed E-state index contributed by atoms with van der Waals surface area (Å²) in [4.78, 5) is 28.2. The van der Waals surface area contributed by atoms with Gasteiger partial charge in [0.2, 0.25) is 5.88 Å². The number of ether oxygens (including phenoxy) is 2. The first-order valence-corrected chi connectivity index (χ1v) is 12.8. The van der Waals surface area contributed by atoms with Crippen LogP contribution in [0.5, 0.6) is 5.88 Å². The summed E-state index contributed by atoms with van der Waals surface area (Å²) in [6, 6.07) is 19.9. The minimum atomic E-state index is -1.26. The molecule has 10 heteroatoms. The Hall–Kier alpha value is -4.60. The molecule has 5 rings (SSSR count). The lowest BCUT2D eigenvalue weighted by Crippen LogP contribution is -2.52. The molecule has 1 aliphatic carbocycles. The average Bonchev–Trinajstić information content (AvgIpc) is 2.88. The minimum absolute atomic E-state index is 0.0438. The Morgan fingerprint density at radius 1 is 1.08 bits per heavy atom. The summed E-state index contributed by atoms with van der Waals surface area (Å²) in [6.07, 6.45) is 1.04. The molecule has 2 amide bonds. The van der Waals surface area contributed by atoms with Gasteiger partial charge in [0.25, 0.3) is 0 Å². The fraction of sp³-hybridized carbons (Fsp3) is 0.310. The van der Waals surface area contributed by atoms with Crippen LogP contribution in [0.3, 0.4) is 0 Å². The van der Waals surface area contributed by atoms with E-state index in [0.717, 1.165) is 47.2 Å². The molecule has 1 aromatic heterocycles. The first kappa shape index (κ1) is 26.0. The van der Waals surface area contributed by atoms with Gasteiger partial charge in [0, 0.05) is 11.1 Å². The van der Waals surface area contributed by atoms with Crippen LogP contribution in [0, 0.1) is 0 Å². The number of alkyl carbamates (subject to hydrolysis) is 1. The molecule has 3 aromatic rings. The molecule has 10 nitrogen and oxygen atoms in total. The molecule has 1 aliphatic heterocycles. The van der Waals surface area contributed by atoms with Gasteiger partial charge in [-0.1, -0.05) is 54.6 Å². The van der Waals surface area contributed by atoms with Crippen LogP contribution in [-0.2, 0) is 10.3 Å². The predicted octanol–water partition coefficient (Wildman–Crippen LogP) is 5.70. The lowest BCUT2D eigenvalue weighted by Gasteiger charge is -2.43.